The van der Waals surface area contributed by atoms with E-state index in [1.165, 1.54) is 0 Å². The highest BCUT2D eigenvalue weighted by atomic mass is 16.4. The van der Waals surface area contributed by atoms with Crippen LogP contribution >= 0.6 is 0 Å². The number of hydrogen-bond donors (Lipinski definition) is 1. The zero-order valence-electron chi connectivity index (χ0n) is 9.58. The summed E-state index contributed by atoms with van der Waals surface area (Å²) in [6.45, 7) is 0. The zero-order chi connectivity index (χ0) is 12.5. The van der Waals surface area contributed by atoms with E-state index in [2.05, 4.69) is 4.40 Å². The number of hydrogen-bond acceptors (Lipinski definition) is 1. The van der Waals surface area contributed by atoms with Crippen molar-refractivity contribution in [2.24, 2.45) is 0 Å². The number of nitrogens with zero attached hydrogens (tertiary/aromatic N) is 1. The van der Waals surface area contributed by atoms with Gasteiger partial charge >= 0.3 is 5.97 Å². The number of fused-ring (bicyclic) bond motifs is 1. The highest BCUT2D eigenvalue weighted by molar-refractivity contribution is 5.88. The van der Waals surface area contributed by atoms with Crippen LogP contribution < -0.4 is 0 Å². The monoisotopic (exact) mass is 237 g/mol. The predicted molar refractivity (Wildman–Crippen MR) is 69.8 cm³/mol. The molecule has 3 heteroatoms. The summed E-state index contributed by atoms with van der Waals surface area (Å²) in [7, 11) is 0. The fourth-order valence-electron chi connectivity index (χ4n) is 2.08. The lowest BCUT2D eigenvalue weighted by Gasteiger charge is -2.03. The standard InChI is InChI=1S/C15H11NO2/c17-15(18)12-6-4-11(5-7-12)14-9-8-13-3-1-2-10-16(13)14/h1-10H,(H,17,18). The van der Waals surface area contributed by atoms with Crippen LogP contribution in [0.3, 0.4) is 0 Å². The van der Waals surface area contributed by atoms with E-state index in [0.717, 1.165) is 16.8 Å². The first kappa shape index (κ1) is 10.6. The van der Waals surface area contributed by atoms with E-state index in [0.29, 0.717) is 5.56 Å². The van der Waals surface area contributed by atoms with Crippen molar-refractivity contribution in [3.05, 3.63) is 66.4 Å². The fourth-order valence-corrected chi connectivity index (χ4v) is 2.08. The van der Waals surface area contributed by atoms with Crippen LogP contribution in [0.15, 0.2) is 60.8 Å². The van der Waals surface area contributed by atoms with Gasteiger partial charge in [0.05, 0.1) is 11.3 Å². The largest absolute Gasteiger partial charge is 0.478 e. The summed E-state index contributed by atoms with van der Waals surface area (Å²) < 4.78 is 2.08. The zero-order valence-corrected chi connectivity index (χ0v) is 9.58. The maximum Gasteiger partial charge on any atom is 0.335 e. The number of carboxylic acid groups (broad SMARTS) is 1. The predicted octanol–water partition coefficient (Wildman–Crippen LogP) is 3.30. The summed E-state index contributed by atoms with van der Waals surface area (Å²) in [5, 5.41) is 8.87. The van der Waals surface area contributed by atoms with Crippen molar-refractivity contribution in [2.75, 3.05) is 0 Å². The van der Waals surface area contributed by atoms with E-state index in [9.17, 15) is 4.79 Å². The Kier molecular flexibility index (Phi) is 2.38. The Labute approximate surface area is 104 Å². The van der Waals surface area contributed by atoms with Gasteiger partial charge in [0.25, 0.3) is 0 Å². The SMILES string of the molecule is O=C(O)c1ccc(-c2ccc3ccccn23)cc1. The molecule has 1 aromatic carbocycles. The molecule has 1 N–H and O–H groups in total. The minimum absolute atomic E-state index is 0.305. The molecule has 0 bridgehead atoms. The summed E-state index contributed by atoms with van der Waals surface area (Å²) in [4.78, 5) is 10.8. The second-order valence-electron chi connectivity index (χ2n) is 4.10. The van der Waals surface area contributed by atoms with Crippen molar-refractivity contribution in [3.8, 4) is 11.3 Å². The van der Waals surface area contributed by atoms with Gasteiger partial charge in [0.2, 0.25) is 0 Å². The van der Waals surface area contributed by atoms with Gasteiger partial charge in [-0.15, -0.1) is 0 Å². The van der Waals surface area contributed by atoms with Crippen LogP contribution in [0, 0.1) is 0 Å². The average Bonchev–Trinajstić information content (AvgIpc) is 2.82. The Bertz CT molecular complexity index is 711. The van der Waals surface area contributed by atoms with Gasteiger partial charge in [0.15, 0.2) is 0 Å². The van der Waals surface area contributed by atoms with Crippen molar-refractivity contribution in [3.63, 3.8) is 0 Å². The number of aromatic carboxylic acids is 1. The van der Waals surface area contributed by atoms with Gasteiger partial charge in [-0.25, -0.2) is 4.79 Å². The van der Waals surface area contributed by atoms with Crippen LogP contribution in [-0.2, 0) is 0 Å². The third-order valence-electron chi connectivity index (χ3n) is 2.99. The first-order valence-electron chi connectivity index (χ1n) is 5.65. The van der Waals surface area contributed by atoms with Crippen molar-refractivity contribution < 1.29 is 9.90 Å². The van der Waals surface area contributed by atoms with Crippen molar-refractivity contribution in [2.45, 2.75) is 0 Å². The molecule has 0 aliphatic carbocycles. The maximum atomic E-state index is 10.8. The molecule has 3 aromatic rings. The molecule has 0 fully saturated rings. The van der Waals surface area contributed by atoms with E-state index in [4.69, 9.17) is 5.11 Å². The topological polar surface area (TPSA) is 41.7 Å². The second-order valence-corrected chi connectivity index (χ2v) is 4.10. The summed E-state index contributed by atoms with van der Waals surface area (Å²) in [5.41, 5.74) is 3.49. The fraction of sp³-hybridized carbons (Fsp3) is 0. The summed E-state index contributed by atoms with van der Waals surface area (Å²) in [6, 6.07) is 17.0. The van der Waals surface area contributed by atoms with Crippen LogP contribution in [0.4, 0.5) is 0 Å². The number of pyridine rings is 1. The first-order valence-corrected chi connectivity index (χ1v) is 5.65. The second kappa shape index (κ2) is 4.04. The molecule has 0 amide bonds. The molecule has 0 aliphatic heterocycles. The Morgan fingerprint density at radius 2 is 1.72 bits per heavy atom. The molecule has 0 radical (unpaired) electrons. The Morgan fingerprint density at radius 1 is 0.944 bits per heavy atom. The van der Waals surface area contributed by atoms with Crippen LogP contribution in [0.5, 0.6) is 0 Å². The highest BCUT2D eigenvalue weighted by Gasteiger charge is 2.06. The molecule has 3 rings (SSSR count). The third-order valence-corrected chi connectivity index (χ3v) is 2.99. The normalized spacial score (nSPS) is 10.7. The van der Waals surface area contributed by atoms with Crippen molar-refractivity contribution in [1.82, 2.24) is 4.40 Å². The van der Waals surface area contributed by atoms with E-state index in [-0.39, 0.29) is 0 Å². The van der Waals surface area contributed by atoms with Gasteiger partial charge in [-0.3, -0.25) is 0 Å². The Hall–Kier alpha value is -2.55. The molecule has 0 saturated carbocycles. The third kappa shape index (κ3) is 1.66. The smallest absolute Gasteiger partial charge is 0.335 e. The van der Waals surface area contributed by atoms with Crippen LogP contribution in [0.25, 0.3) is 16.8 Å². The average molecular weight is 237 g/mol. The van der Waals surface area contributed by atoms with Gasteiger partial charge < -0.3 is 9.51 Å². The van der Waals surface area contributed by atoms with Gasteiger partial charge in [-0.05, 0) is 42.0 Å². The number of carboxylic acids is 1. The molecule has 3 nitrogen and oxygen atoms in total. The van der Waals surface area contributed by atoms with Crippen molar-refractivity contribution in [1.29, 1.82) is 0 Å². The number of benzene rings is 1. The van der Waals surface area contributed by atoms with Gasteiger partial charge in [-0.2, -0.15) is 0 Å². The van der Waals surface area contributed by atoms with Crippen LogP contribution in [-0.4, -0.2) is 15.5 Å². The highest BCUT2D eigenvalue weighted by Crippen LogP contribution is 2.22. The number of rotatable bonds is 2. The minimum Gasteiger partial charge on any atom is -0.478 e. The van der Waals surface area contributed by atoms with Crippen LogP contribution in [0.1, 0.15) is 10.4 Å². The van der Waals surface area contributed by atoms with E-state index >= 15 is 0 Å². The maximum absolute atomic E-state index is 10.8. The van der Waals surface area contributed by atoms with Gasteiger partial charge in [0, 0.05) is 11.7 Å². The Balaban J connectivity index is 2.12. The summed E-state index contributed by atoms with van der Waals surface area (Å²) in [6.07, 6.45) is 2.00. The first-order chi connectivity index (χ1) is 8.75. The molecule has 0 unspecified atom stereocenters. The minimum atomic E-state index is -0.901. The molecule has 18 heavy (non-hydrogen) atoms. The molecule has 2 aromatic heterocycles. The van der Waals surface area contributed by atoms with Crippen molar-refractivity contribution >= 4 is 11.5 Å². The van der Waals surface area contributed by atoms with E-state index < -0.39 is 5.97 Å². The number of aromatic nitrogens is 1. The quantitative estimate of drug-likeness (QED) is 0.743. The molecular formula is C15H11NO2. The lowest BCUT2D eigenvalue weighted by atomic mass is 10.1. The lowest BCUT2D eigenvalue weighted by Crippen LogP contribution is -1.95. The molecule has 88 valence electrons. The molecule has 0 atom stereocenters. The summed E-state index contributed by atoms with van der Waals surface area (Å²) >= 11 is 0. The Morgan fingerprint density at radius 3 is 2.44 bits per heavy atom. The van der Waals surface area contributed by atoms with Gasteiger partial charge in [-0.1, -0.05) is 18.2 Å². The molecule has 0 spiro atoms. The molecule has 0 aliphatic rings. The molecule has 0 saturated heterocycles. The van der Waals surface area contributed by atoms with E-state index in [1.807, 2.05) is 48.7 Å². The van der Waals surface area contributed by atoms with Crippen LogP contribution in [0.2, 0.25) is 0 Å². The molecular weight excluding hydrogens is 226 g/mol. The molecule has 2 heterocycles. The van der Waals surface area contributed by atoms with E-state index in [1.54, 1.807) is 12.1 Å². The lowest BCUT2D eigenvalue weighted by molar-refractivity contribution is 0.0697. The summed E-state index contributed by atoms with van der Waals surface area (Å²) in [5.74, 6) is -0.901. The van der Waals surface area contributed by atoms with Gasteiger partial charge in [0.1, 0.15) is 0 Å². The number of carbonyl (C=O) groups is 1.